The Morgan fingerprint density at radius 2 is 1.93 bits per heavy atom. The SMILES string of the molecule is CC(C)CN1C[C@H]2C(=O)NC3(CCN(C(=O)Nc4ccccc4)CC3)[C@H]2C1. The van der Waals surface area contributed by atoms with Crippen molar-refractivity contribution < 1.29 is 9.59 Å². The lowest BCUT2D eigenvalue weighted by Crippen LogP contribution is -2.56. The van der Waals surface area contributed by atoms with Crippen molar-refractivity contribution in [3.63, 3.8) is 0 Å². The number of hydrogen-bond acceptors (Lipinski definition) is 3. The number of benzene rings is 1. The fourth-order valence-electron chi connectivity index (χ4n) is 5.14. The Morgan fingerprint density at radius 1 is 1.22 bits per heavy atom. The highest BCUT2D eigenvalue weighted by atomic mass is 16.2. The molecule has 6 heteroatoms. The van der Waals surface area contributed by atoms with Crippen LogP contribution in [0, 0.1) is 17.8 Å². The van der Waals surface area contributed by atoms with Gasteiger partial charge in [0, 0.05) is 49.9 Å². The molecule has 3 aliphatic rings. The molecule has 3 amide bonds. The summed E-state index contributed by atoms with van der Waals surface area (Å²) >= 11 is 0. The molecule has 0 aliphatic carbocycles. The molecule has 0 aromatic heterocycles. The number of anilines is 1. The molecule has 2 atom stereocenters. The average Bonchev–Trinajstić information content (AvgIpc) is 3.16. The van der Waals surface area contributed by atoms with Crippen LogP contribution in [0.2, 0.25) is 0 Å². The first-order chi connectivity index (χ1) is 13.0. The van der Waals surface area contributed by atoms with Crippen molar-refractivity contribution in [2.45, 2.75) is 32.2 Å². The normalized spacial score (nSPS) is 27.1. The van der Waals surface area contributed by atoms with E-state index < -0.39 is 0 Å². The van der Waals surface area contributed by atoms with E-state index in [9.17, 15) is 9.59 Å². The van der Waals surface area contributed by atoms with E-state index in [1.54, 1.807) is 0 Å². The first-order valence-corrected chi connectivity index (χ1v) is 10.1. The first kappa shape index (κ1) is 18.3. The number of carbonyl (C=O) groups excluding carboxylic acids is 2. The molecule has 146 valence electrons. The Kier molecular flexibility index (Phi) is 4.84. The van der Waals surface area contributed by atoms with E-state index in [4.69, 9.17) is 0 Å². The third kappa shape index (κ3) is 3.55. The van der Waals surface area contributed by atoms with E-state index in [1.165, 1.54) is 0 Å². The largest absolute Gasteiger partial charge is 0.350 e. The molecule has 2 N–H and O–H groups in total. The summed E-state index contributed by atoms with van der Waals surface area (Å²) in [6.07, 6.45) is 1.69. The smallest absolute Gasteiger partial charge is 0.321 e. The van der Waals surface area contributed by atoms with Gasteiger partial charge in [-0.05, 0) is 30.9 Å². The molecule has 0 unspecified atom stereocenters. The van der Waals surface area contributed by atoms with Crippen molar-refractivity contribution >= 4 is 17.6 Å². The molecule has 1 aromatic carbocycles. The van der Waals surface area contributed by atoms with E-state index in [1.807, 2.05) is 35.2 Å². The van der Waals surface area contributed by atoms with Crippen LogP contribution >= 0.6 is 0 Å². The maximum atomic E-state index is 12.6. The molecular weight excluding hydrogens is 340 g/mol. The summed E-state index contributed by atoms with van der Waals surface area (Å²) < 4.78 is 0. The van der Waals surface area contributed by atoms with E-state index in [2.05, 4.69) is 29.4 Å². The van der Waals surface area contributed by atoms with Crippen LogP contribution in [0.3, 0.4) is 0 Å². The van der Waals surface area contributed by atoms with Crippen LogP contribution in [0.15, 0.2) is 30.3 Å². The van der Waals surface area contributed by atoms with Crippen LogP contribution in [0.1, 0.15) is 26.7 Å². The van der Waals surface area contributed by atoms with Gasteiger partial charge in [-0.15, -0.1) is 0 Å². The van der Waals surface area contributed by atoms with Crippen LogP contribution in [-0.4, -0.2) is 60.0 Å². The van der Waals surface area contributed by atoms with Gasteiger partial charge in [0.15, 0.2) is 0 Å². The summed E-state index contributed by atoms with van der Waals surface area (Å²) in [5.41, 5.74) is 0.689. The fourth-order valence-corrected chi connectivity index (χ4v) is 5.14. The number of nitrogens with one attached hydrogen (secondary N) is 2. The molecule has 27 heavy (non-hydrogen) atoms. The Hall–Kier alpha value is -2.08. The van der Waals surface area contributed by atoms with Gasteiger partial charge in [-0.3, -0.25) is 4.79 Å². The van der Waals surface area contributed by atoms with Crippen LogP contribution in [0.25, 0.3) is 0 Å². The second kappa shape index (κ2) is 7.15. The Bertz CT molecular complexity index is 697. The molecule has 3 fully saturated rings. The van der Waals surface area contributed by atoms with Gasteiger partial charge in [0.2, 0.25) is 5.91 Å². The number of rotatable bonds is 3. The summed E-state index contributed by atoms with van der Waals surface area (Å²) in [5, 5.41) is 6.30. The maximum Gasteiger partial charge on any atom is 0.321 e. The summed E-state index contributed by atoms with van der Waals surface area (Å²) in [7, 11) is 0. The topological polar surface area (TPSA) is 64.7 Å². The quantitative estimate of drug-likeness (QED) is 0.859. The maximum absolute atomic E-state index is 12.6. The van der Waals surface area contributed by atoms with Gasteiger partial charge in [-0.25, -0.2) is 4.79 Å². The molecule has 3 heterocycles. The highest BCUT2D eigenvalue weighted by molar-refractivity contribution is 5.89. The van der Waals surface area contributed by atoms with Gasteiger partial charge >= 0.3 is 6.03 Å². The van der Waals surface area contributed by atoms with Crippen LogP contribution in [0.5, 0.6) is 0 Å². The van der Waals surface area contributed by atoms with E-state index >= 15 is 0 Å². The molecule has 1 aromatic rings. The zero-order valence-corrected chi connectivity index (χ0v) is 16.3. The molecule has 6 nitrogen and oxygen atoms in total. The second-order valence-electron chi connectivity index (χ2n) is 8.75. The Morgan fingerprint density at radius 3 is 2.59 bits per heavy atom. The van der Waals surface area contributed by atoms with Crippen molar-refractivity contribution in [1.29, 1.82) is 0 Å². The monoisotopic (exact) mass is 370 g/mol. The van der Waals surface area contributed by atoms with Gasteiger partial charge in [0.1, 0.15) is 0 Å². The Labute approximate surface area is 161 Å². The number of fused-ring (bicyclic) bond motifs is 2. The zero-order chi connectivity index (χ0) is 19.0. The number of nitrogens with zero attached hydrogens (tertiary/aromatic N) is 2. The number of carbonyl (C=O) groups is 2. The van der Waals surface area contributed by atoms with Gasteiger partial charge in [-0.1, -0.05) is 32.0 Å². The zero-order valence-electron chi connectivity index (χ0n) is 16.3. The number of hydrogen-bond donors (Lipinski definition) is 2. The predicted octanol–water partition coefficient (Wildman–Crippen LogP) is 2.39. The molecule has 0 radical (unpaired) electrons. The summed E-state index contributed by atoms with van der Waals surface area (Å²) in [4.78, 5) is 29.5. The third-order valence-corrected chi connectivity index (χ3v) is 6.41. The molecule has 3 aliphatic heterocycles. The van der Waals surface area contributed by atoms with Gasteiger partial charge in [-0.2, -0.15) is 0 Å². The fraction of sp³-hybridized carbons (Fsp3) is 0.619. The minimum Gasteiger partial charge on any atom is -0.350 e. The molecule has 3 saturated heterocycles. The molecule has 0 saturated carbocycles. The first-order valence-electron chi connectivity index (χ1n) is 10.1. The van der Waals surface area contributed by atoms with Crippen molar-refractivity contribution in [1.82, 2.24) is 15.1 Å². The van der Waals surface area contributed by atoms with Crippen molar-refractivity contribution in [2.24, 2.45) is 17.8 Å². The Balaban J connectivity index is 1.38. The highest BCUT2D eigenvalue weighted by Crippen LogP contribution is 2.44. The summed E-state index contributed by atoms with van der Waals surface area (Å²) in [5.74, 6) is 1.33. The van der Waals surface area contributed by atoms with Crippen molar-refractivity contribution in [2.75, 3.05) is 38.0 Å². The molecule has 4 rings (SSSR count). The highest BCUT2D eigenvalue weighted by Gasteiger charge is 2.57. The predicted molar refractivity (Wildman–Crippen MR) is 105 cm³/mol. The van der Waals surface area contributed by atoms with Crippen LogP contribution < -0.4 is 10.6 Å². The van der Waals surface area contributed by atoms with Gasteiger partial charge in [0.05, 0.1) is 5.92 Å². The number of amides is 3. The minimum atomic E-state index is -0.128. The number of likely N-dealkylation sites (tertiary alicyclic amines) is 2. The van der Waals surface area contributed by atoms with E-state index in [0.29, 0.717) is 24.9 Å². The van der Waals surface area contributed by atoms with Crippen molar-refractivity contribution in [3.8, 4) is 0 Å². The number of para-hydroxylation sites is 1. The average molecular weight is 370 g/mol. The van der Waals surface area contributed by atoms with Gasteiger partial charge in [0.25, 0.3) is 0 Å². The third-order valence-electron chi connectivity index (χ3n) is 6.41. The number of piperidine rings is 1. The number of urea groups is 1. The van der Waals surface area contributed by atoms with E-state index in [0.717, 1.165) is 38.2 Å². The lowest BCUT2D eigenvalue weighted by Gasteiger charge is -2.42. The molecule has 0 bridgehead atoms. The van der Waals surface area contributed by atoms with Crippen molar-refractivity contribution in [3.05, 3.63) is 30.3 Å². The van der Waals surface area contributed by atoms with Crippen LogP contribution in [-0.2, 0) is 4.79 Å². The van der Waals surface area contributed by atoms with E-state index in [-0.39, 0.29) is 23.4 Å². The molecule has 1 spiro atoms. The lowest BCUT2D eigenvalue weighted by atomic mass is 9.75. The molecular formula is C21H30N4O2. The summed E-state index contributed by atoms with van der Waals surface area (Å²) in [6.45, 7) is 8.77. The second-order valence-corrected chi connectivity index (χ2v) is 8.75. The van der Waals surface area contributed by atoms with Gasteiger partial charge < -0.3 is 20.4 Å². The summed E-state index contributed by atoms with van der Waals surface area (Å²) in [6, 6.07) is 9.50. The lowest BCUT2D eigenvalue weighted by molar-refractivity contribution is -0.123. The van der Waals surface area contributed by atoms with Crippen LogP contribution in [0.4, 0.5) is 10.5 Å². The standard InChI is InChI=1S/C21H30N4O2/c1-15(2)12-24-13-17-18(14-24)21(23-19(17)26)8-10-25(11-9-21)20(27)22-16-6-4-3-5-7-16/h3-7,15,17-18H,8-14H2,1-2H3,(H,22,27)(H,23,26)/t17-,18+/m1/s1. The minimum absolute atomic E-state index is 0.0511.